The third-order valence-corrected chi connectivity index (χ3v) is 16.8. The lowest BCUT2D eigenvalue weighted by atomic mass is 9.88. The van der Waals surface area contributed by atoms with E-state index in [1.807, 2.05) is 0 Å². The summed E-state index contributed by atoms with van der Waals surface area (Å²) in [5, 5.41) is 0. The minimum atomic E-state index is 0.486. The van der Waals surface area contributed by atoms with Gasteiger partial charge in [-0.05, 0) is 177 Å². The number of benzene rings is 11. The normalized spacial score (nSPS) is 13.6. The van der Waals surface area contributed by atoms with E-state index >= 15 is 0 Å². The van der Waals surface area contributed by atoms with Crippen molar-refractivity contribution in [3.8, 4) is 0 Å². The predicted molar refractivity (Wildman–Crippen MR) is 356 cm³/mol. The van der Waals surface area contributed by atoms with Gasteiger partial charge in [-0.1, -0.05) is 190 Å². The fourth-order valence-corrected chi connectivity index (χ4v) is 13.0. The molecule has 0 unspecified atom stereocenters. The Labute approximate surface area is 497 Å². The molecule has 2 fully saturated rings. The molecule has 0 N–H and O–H groups in total. The molecule has 11 aromatic rings. The summed E-state index contributed by atoms with van der Waals surface area (Å²) in [6.45, 7) is 0. The smallest absolute Gasteiger partial charge is 0.0503 e. The van der Waals surface area contributed by atoms with Crippen molar-refractivity contribution in [3.63, 3.8) is 0 Å². The maximum absolute atomic E-state index is 2.91. The molecule has 0 radical (unpaired) electrons. The fourth-order valence-electron chi connectivity index (χ4n) is 13.0. The molecule has 0 amide bonds. The van der Waals surface area contributed by atoms with Crippen molar-refractivity contribution < 1.29 is 0 Å². The first-order chi connectivity index (χ1) is 41.7. The van der Waals surface area contributed by atoms with E-state index in [9.17, 15) is 0 Å². The monoisotopic (exact) mass is 1090 g/mol. The van der Waals surface area contributed by atoms with Crippen molar-refractivity contribution in [1.29, 1.82) is 0 Å². The Balaban J connectivity index is 1.04. The highest BCUT2D eigenvalue weighted by atomic mass is 15.2. The minimum absolute atomic E-state index is 0.486. The van der Waals surface area contributed by atoms with E-state index in [-0.39, 0.29) is 0 Å². The molecule has 0 aromatic heterocycles. The number of hydrogen-bond donors (Lipinski definition) is 0. The maximum atomic E-state index is 2.91. The van der Waals surface area contributed by atoms with Crippen molar-refractivity contribution in [2.24, 2.45) is 0 Å². The highest BCUT2D eigenvalue weighted by Crippen LogP contribution is 2.49. The molecule has 414 valence electrons. The lowest BCUT2D eigenvalue weighted by Gasteiger charge is -2.44. The average Bonchev–Trinajstić information content (AvgIpc) is 3.73. The molecule has 84 heavy (non-hydrogen) atoms. The molecule has 2 saturated carbocycles. The molecule has 0 atom stereocenters. The van der Waals surface area contributed by atoms with E-state index in [0.29, 0.717) is 12.1 Å². The molecule has 0 saturated heterocycles. The van der Waals surface area contributed by atoms with Crippen LogP contribution in [0.3, 0.4) is 0 Å². The molecule has 0 spiro atoms. The number of hydrogen-bond acceptors (Lipinski definition) is 6. The zero-order valence-electron chi connectivity index (χ0n) is 47.8. The Morgan fingerprint density at radius 1 is 0.167 bits per heavy atom. The van der Waals surface area contributed by atoms with Crippen molar-refractivity contribution in [3.05, 3.63) is 303 Å². The quantitative estimate of drug-likeness (QED) is 0.0847. The molecule has 6 heteroatoms. The summed E-state index contributed by atoms with van der Waals surface area (Å²) in [5.74, 6) is 0. The molecule has 13 rings (SSSR count). The Morgan fingerprint density at radius 2 is 0.345 bits per heavy atom. The van der Waals surface area contributed by atoms with E-state index in [0.717, 1.165) is 85.3 Å². The number of para-hydroxylation sites is 8. The molecule has 11 aromatic carbocycles. The first-order valence-corrected chi connectivity index (χ1v) is 30.3. The van der Waals surface area contributed by atoms with Crippen LogP contribution in [0, 0.1) is 0 Å². The van der Waals surface area contributed by atoms with E-state index in [1.54, 1.807) is 0 Å². The van der Waals surface area contributed by atoms with Gasteiger partial charge in [0, 0.05) is 74.6 Å². The van der Waals surface area contributed by atoms with Gasteiger partial charge < -0.3 is 29.4 Å². The standard InChI is InChI=1S/C78H72N6/c1-11-32-61(33-12-1)79(62-34-13-2-14-35-62)73-55-74(80(63-36-15-3-16-37-63)64-38-17-4-18-39-64)58-77(57-73)83(69-48-27-9-28-49-69)71-52-31-53-72(54-71)84(70-50-29-10-30-51-70)78-59-75(81(65-40-19-5-20-41-65)66-42-21-6-22-43-66)56-76(60-78)82(67-44-23-7-24-45-67)68-46-25-8-26-47-68/h1-6,9-22,27-43,48-60,67-68H,7-8,23-26,44-47H2. The summed E-state index contributed by atoms with van der Waals surface area (Å²) in [6.07, 6.45) is 12.6. The van der Waals surface area contributed by atoms with Gasteiger partial charge in [0.2, 0.25) is 0 Å². The van der Waals surface area contributed by atoms with Gasteiger partial charge in [0.25, 0.3) is 0 Å². The Morgan fingerprint density at radius 3 is 0.571 bits per heavy atom. The third-order valence-electron chi connectivity index (χ3n) is 16.8. The summed E-state index contributed by atoms with van der Waals surface area (Å²) in [6, 6.07) is 111. The van der Waals surface area contributed by atoms with Gasteiger partial charge >= 0.3 is 0 Å². The van der Waals surface area contributed by atoms with E-state index in [4.69, 9.17) is 0 Å². The molecule has 6 nitrogen and oxygen atoms in total. The van der Waals surface area contributed by atoms with Crippen LogP contribution < -0.4 is 29.4 Å². The third kappa shape index (κ3) is 11.8. The summed E-state index contributed by atoms with van der Waals surface area (Å²) in [4.78, 5) is 15.0. The zero-order valence-corrected chi connectivity index (χ0v) is 47.8. The lowest BCUT2D eigenvalue weighted by molar-refractivity contribution is 0.340. The van der Waals surface area contributed by atoms with Gasteiger partial charge in [0.15, 0.2) is 0 Å². The predicted octanol–water partition coefficient (Wildman–Crippen LogP) is 22.5. The summed E-state index contributed by atoms with van der Waals surface area (Å²) in [7, 11) is 0. The molecule has 2 aliphatic rings. The zero-order chi connectivity index (χ0) is 56.3. The molecule has 0 heterocycles. The minimum Gasteiger partial charge on any atom is -0.365 e. The number of rotatable bonds is 18. The van der Waals surface area contributed by atoms with E-state index < -0.39 is 0 Å². The summed E-state index contributed by atoms with van der Waals surface area (Å²) in [5.41, 5.74) is 17.3. The summed E-state index contributed by atoms with van der Waals surface area (Å²) < 4.78 is 0. The maximum Gasteiger partial charge on any atom is 0.0503 e. The van der Waals surface area contributed by atoms with Crippen LogP contribution in [0.15, 0.2) is 303 Å². The first kappa shape index (κ1) is 53.5. The average molecular weight is 1090 g/mol. The van der Waals surface area contributed by atoms with Crippen LogP contribution in [-0.2, 0) is 0 Å². The molecule has 2 aliphatic carbocycles. The van der Waals surface area contributed by atoms with Gasteiger partial charge in [0.05, 0.1) is 28.4 Å². The molecule has 0 bridgehead atoms. The van der Waals surface area contributed by atoms with Gasteiger partial charge in [0.1, 0.15) is 0 Å². The van der Waals surface area contributed by atoms with Gasteiger partial charge in [-0.15, -0.1) is 0 Å². The Hall–Kier alpha value is -9.78. The second kappa shape index (κ2) is 25.6. The van der Waals surface area contributed by atoms with Gasteiger partial charge in [-0.2, -0.15) is 0 Å². The van der Waals surface area contributed by atoms with Crippen LogP contribution in [0.1, 0.15) is 64.2 Å². The Bertz CT molecular complexity index is 3580. The van der Waals surface area contributed by atoms with Gasteiger partial charge in [-0.25, -0.2) is 0 Å². The molecule has 0 aliphatic heterocycles. The van der Waals surface area contributed by atoms with Crippen LogP contribution in [0.4, 0.5) is 91.0 Å². The van der Waals surface area contributed by atoms with Crippen LogP contribution in [-0.4, -0.2) is 12.1 Å². The molecular formula is C78H72N6. The largest absolute Gasteiger partial charge is 0.365 e. The van der Waals surface area contributed by atoms with E-state index in [2.05, 4.69) is 333 Å². The van der Waals surface area contributed by atoms with Crippen LogP contribution in [0.5, 0.6) is 0 Å². The van der Waals surface area contributed by atoms with Gasteiger partial charge in [-0.3, -0.25) is 0 Å². The first-order valence-electron chi connectivity index (χ1n) is 30.3. The van der Waals surface area contributed by atoms with Crippen LogP contribution >= 0.6 is 0 Å². The SMILES string of the molecule is c1ccc(N(c2ccccc2)c2cc(N(c3ccccc3)c3ccccc3)cc(N(c3ccccc3)c3cccc(N(c4ccccc4)c4cc(N(c5ccccc5)c5ccccc5)cc(N(C5CCCCC5)C5CCCCC5)c4)c3)c2)cc1. The van der Waals surface area contributed by atoms with Crippen LogP contribution in [0.25, 0.3) is 0 Å². The molecular weight excluding hydrogens is 1020 g/mol. The van der Waals surface area contributed by atoms with E-state index in [1.165, 1.54) is 69.9 Å². The topological polar surface area (TPSA) is 19.4 Å². The van der Waals surface area contributed by atoms with Crippen molar-refractivity contribution >= 4 is 91.0 Å². The van der Waals surface area contributed by atoms with Crippen molar-refractivity contribution in [2.75, 3.05) is 29.4 Å². The number of nitrogens with zero attached hydrogens (tertiary/aromatic N) is 6. The number of anilines is 16. The van der Waals surface area contributed by atoms with Crippen molar-refractivity contribution in [2.45, 2.75) is 76.3 Å². The fraction of sp³-hybridized carbons (Fsp3) is 0.154. The second-order valence-corrected chi connectivity index (χ2v) is 22.3. The Kier molecular flexibility index (Phi) is 16.3. The highest BCUT2D eigenvalue weighted by Gasteiger charge is 2.32. The van der Waals surface area contributed by atoms with Crippen LogP contribution in [0.2, 0.25) is 0 Å². The highest BCUT2D eigenvalue weighted by molar-refractivity contribution is 5.92. The lowest BCUT2D eigenvalue weighted by Crippen LogP contribution is -2.45. The second-order valence-electron chi connectivity index (χ2n) is 22.3. The van der Waals surface area contributed by atoms with Crippen molar-refractivity contribution in [1.82, 2.24) is 0 Å². The summed E-state index contributed by atoms with van der Waals surface area (Å²) >= 11 is 0.